The molecule has 6 nitrogen and oxygen atoms in total. The summed E-state index contributed by atoms with van der Waals surface area (Å²) in [6, 6.07) is 13.0. The van der Waals surface area contributed by atoms with E-state index in [-0.39, 0.29) is 11.6 Å². The predicted molar refractivity (Wildman–Crippen MR) is 96.2 cm³/mol. The van der Waals surface area contributed by atoms with E-state index in [1.54, 1.807) is 24.3 Å². The summed E-state index contributed by atoms with van der Waals surface area (Å²) < 4.78 is 1.08. The summed E-state index contributed by atoms with van der Waals surface area (Å²) >= 11 is 1.53. The van der Waals surface area contributed by atoms with Crippen molar-refractivity contribution in [1.29, 1.82) is 0 Å². The molecule has 7 heteroatoms. The van der Waals surface area contributed by atoms with E-state index in [9.17, 15) is 9.59 Å². The third-order valence-electron chi connectivity index (χ3n) is 3.47. The van der Waals surface area contributed by atoms with Gasteiger partial charge in [0.05, 0.1) is 21.3 Å². The van der Waals surface area contributed by atoms with Gasteiger partial charge in [-0.3, -0.25) is 4.79 Å². The quantitative estimate of drug-likeness (QED) is 0.502. The van der Waals surface area contributed by atoms with Gasteiger partial charge in [-0.2, -0.15) is 0 Å². The summed E-state index contributed by atoms with van der Waals surface area (Å²) in [7, 11) is 0. The van der Waals surface area contributed by atoms with Gasteiger partial charge in [-0.25, -0.2) is 9.78 Å². The SMILES string of the molecule is O=C(/C=C/c1nc2ccccc2s1)Nc1ccc2[nH]c(=O)[nH]c2c1. The average Bonchev–Trinajstić information content (AvgIpc) is 3.14. The van der Waals surface area contributed by atoms with E-state index in [4.69, 9.17) is 0 Å². The lowest BCUT2D eigenvalue weighted by Gasteiger charge is -2.01. The van der Waals surface area contributed by atoms with Crippen LogP contribution in [0.1, 0.15) is 5.01 Å². The number of carbonyl (C=O) groups excluding carboxylic acids is 1. The molecule has 1 amide bonds. The fourth-order valence-corrected chi connectivity index (χ4v) is 3.27. The number of imidazole rings is 1. The maximum atomic E-state index is 12.0. The van der Waals surface area contributed by atoms with E-state index < -0.39 is 0 Å². The molecule has 2 aromatic carbocycles. The van der Waals surface area contributed by atoms with Crippen LogP contribution in [0.2, 0.25) is 0 Å². The molecule has 0 bridgehead atoms. The number of benzene rings is 2. The first-order valence-electron chi connectivity index (χ1n) is 7.24. The van der Waals surface area contributed by atoms with Gasteiger partial charge in [-0.05, 0) is 36.4 Å². The number of nitrogens with one attached hydrogen (secondary N) is 3. The summed E-state index contributed by atoms with van der Waals surface area (Å²) in [5.41, 5.74) is 2.60. The Labute approximate surface area is 139 Å². The zero-order chi connectivity index (χ0) is 16.5. The van der Waals surface area contributed by atoms with Crippen LogP contribution in [0.15, 0.2) is 53.3 Å². The Bertz CT molecular complexity index is 1100. The molecular weight excluding hydrogens is 324 g/mol. The first kappa shape index (κ1) is 14.4. The second kappa shape index (κ2) is 5.78. The average molecular weight is 336 g/mol. The molecular formula is C17H12N4O2S. The summed E-state index contributed by atoms with van der Waals surface area (Å²) in [6.07, 6.45) is 3.14. The fourth-order valence-electron chi connectivity index (χ4n) is 2.40. The number of H-pyrrole nitrogens is 2. The van der Waals surface area contributed by atoms with Crippen molar-refractivity contribution in [3.05, 3.63) is 64.0 Å². The van der Waals surface area contributed by atoms with Gasteiger partial charge in [0, 0.05) is 11.8 Å². The Morgan fingerprint density at radius 1 is 1.12 bits per heavy atom. The molecule has 118 valence electrons. The standard InChI is InChI=1S/C17H12N4O2S/c22-15(7-8-16-19-12-3-1-2-4-14(12)24-16)18-10-5-6-11-13(9-10)21-17(23)20-11/h1-9H,(H,18,22)(H2,20,21,23)/b8-7+. The zero-order valence-electron chi connectivity index (χ0n) is 12.4. The Morgan fingerprint density at radius 2 is 1.96 bits per heavy atom. The van der Waals surface area contributed by atoms with Gasteiger partial charge in [0.15, 0.2) is 0 Å². The van der Waals surface area contributed by atoms with Gasteiger partial charge >= 0.3 is 5.69 Å². The Hall–Kier alpha value is -3.19. The smallest absolute Gasteiger partial charge is 0.322 e. The summed E-state index contributed by atoms with van der Waals surface area (Å²) in [5.74, 6) is -0.258. The van der Waals surface area contributed by atoms with Crippen LogP contribution < -0.4 is 11.0 Å². The summed E-state index contributed by atoms with van der Waals surface area (Å²) in [6.45, 7) is 0. The van der Waals surface area contributed by atoms with Crippen molar-refractivity contribution in [2.24, 2.45) is 0 Å². The minimum atomic E-state index is -0.274. The first-order valence-corrected chi connectivity index (χ1v) is 8.06. The Kier molecular flexibility index (Phi) is 3.47. The first-order chi connectivity index (χ1) is 11.7. The largest absolute Gasteiger partial charge is 0.323 e. The normalized spacial score (nSPS) is 11.5. The zero-order valence-corrected chi connectivity index (χ0v) is 13.2. The number of hydrogen-bond acceptors (Lipinski definition) is 4. The number of para-hydroxylation sites is 1. The molecule has 0 saturated heterocycles. The lowest BCUT2D eigenvalue weighted by atomic mass is 10.2. The monoisotopic (exact) mass is 336 g/mol. The second-order valence-electron chi connectivity index (χ2n) is 5.18. The lowest BCUT2D eigenvalue weighted by molar-refractivity contribution is -0.111. The molecule has 3 N–H and O–H groups in total. The molecule has 0 unspecified atom stereocenters. The number of hydrogen-bond donors (Lipinski definition) is 3. The van der Waals surface area contributed by atoms with E-state index in [1.165, 1.54) is 17.4 Å². The van der Waals surface area contributed by atoms with Crippen LogP contribution in [0.25, 0.3) is 27.3 Å². The molecule has 0 radical (unpaired) electrons. The van der Waals surface area contributed by atoms with Gasteiger partial charge in [0.1, 0.15) is 5.01 Å². The van der Waals surface area contributed by atoms with Crippen molar-refractivity contribution in [1.82, 2.24) is 15.0 Å². The number of fused-ring (bicyclic) bond motifs is 2. The number of aromatic amines is 2. The molecule has 0 aliphatic heterocycles. The van der Waals surface area contributed by atoms with Gasteiger partial charge in [-0.1, -0.05) is 12.1 Å². The van der Waals surface area contributed by atoms with Crippen molar-refractivity contribution in [3.8, 4) is 0 Å². The maximum Gasteiger partial charge on any atom is 0.323 e. The second-order valence-corrected chi connectivity index (χ2v) is 6.24. The van der Waals surface area contributed by atoms with Crippen LogP contribution in [0.5, 0.6) is 0 Å². The minimum Gasteiger partial charge on any atom is -0.322 e. The Morgan fingerprint density at radius 3 is 2.83 bits per heavy atom. The highest BCUT2D eigenvalue weighted by Crippen LogP contribution is 2.22. The highest BCUT2D eigenvalue weighted by Gasteiger charge is 2.03. The van der Waals surface area contributed by atoms with Crippen LogP contribution in [0, 0.1) is 0 Å². The van der Waals surface area contributed by atoms with E-state index in [1.807, 2.05) is 24.3 Å². The van der Waals surface area contributed by atoms with Crippen molar-refractivity contribution >= 4 is 50.3 Å². The Balaban J connectivity index is 1.51. The third kappa shape index (κ3) is 2.84. The number of rotatable bonds is 3. The molecule has 0 spiro atoms. The minimum absolute atomic E-state index is 0.258. The third-order valence-corrected chi connectivity index (χ3v) is 4.47. The number of anilines is 1. The fraction of sp³-hybridized carbons (Fsp3) is 0. The number of amides is 1. The molecule has 2 aromatic heterocycles. The topological polar surface area (TPSA) is 90.6 Å². The summed E-state index contributed by atoms with van der Waals surface area (Å²) in [5, 5.41) is 3.54. The highest BCUT2D eigenvalue weighted by molar-refractivity contribution is 7.19. The van der Waals surface area contributed by atoms with Crippen LogP contribution in [-0.4, -0.2) is 20.9 Å². The molecule has 4 aromatic rings. The van der Waals surface area contributed by atoms with Crippen LogP contribution in [-0.2, 0) is 4.79 Å². The maximum absolute atomic E-state index is 12.0. The van der Waals surface area contributed by atoms with Crippen molar-refractivity contribution in [2.45, 2.75) is 0 Å². The number of nitrogens with zero attached hydrogens (tertiary/aromatic N) is 1. The van der Waals surface area contributed by atoms with Crippen LogP contribution >= 0.6 is 11.3 Å². The molecule has 0 saturated carbocycles. The van der Waals surface area contributed by atoms with E-state index in [0.29, 0.717) is 16.7 Å². The van der Waals surface area contributed by atoms with E-state index in [0.717, 1.165) is 15.2 Å². The molecule has 0 aliphatic carbocycles. The molecule has 0 fully saturated rings. The van der Waals surface area contributed by atoms with Crippen LogP contribution in [0.3, 0.4) is 0 Å². The van der Waals surface area contributed by atoms with Gasteiger partial charge in [-0.15, -0.1) is 11.3 Å². The molecule has 0 atom stereocenters. The molecule has 24 heavy (non-hydrogen) atoms. The number of carbonyl (C=O) groups is 1. The van der Waals surface area contributed by atoms with Crippen molar-refractivity contribution < 1.29 is 4.79 Å². The van der Waals surface area contributed by atoms with Gasteiger partial charge in [0.2, 0.25) is 5.91 Å². The molecule has 2 heterocycles. The highest BCUT2D eigenvalue weighted by atomic mass is 32.1. The molecule has 4 rings (SSSR count). The summed E-state index contributed by atoms with van der Waals surface area (Å²) in [4.78, 5) is 33.0. The van der Waals surface area contributed by atoms with Crippen molar-refractivity contribution in [2.75, 3.05) is 5.32 Å². The van der Waals surface area contributed by atoms with Crippen LogP contribution in [0.4, 0.5) is 5.69 Å². The van der Waals surface area contributed by atoms with Gasteiger partial charge in [0.25, 0.3) is 0 Å². The predicted octanol–water partition coefficient (Wildman–Crippen LogP) is 3.12. The van der Waals surface area contributed by atoms with E-state index >= 15 is 0 Å². The molecule has 0 aliphatic rings. The van der Waals surface area contributed by atoms with E-state index in [2.05, 4.69) is 20.3 Å². The number of aromatic nitrogens is 3. The lowest BCUT2D eigenvalue weighted by Crippen LogP contribution is -2.07. The number of thiazole rings is 1. The van der Waals surface area contributed by atoms with Crippen molar-refractivity contribution in [3.63, 3.8) is 0 Å². The van der Waals surface area contributed by atoms with Gasteiger partial charge < -0.3 is 15.3 Å².